The summed E-state index contributed by atoms with van der Waals surface area (Å²) in [6, 6.07) is 3.30. The minimum atomic E-state index is -0.344. The van der Waals surface area contributed by atoms with Gasteiger partial charge in [-0.1, -0.05) is 78.1 Å². The van der Waals surface area contributed by atoms with Gasteiger partial charge in [0.1, 0.15) is 9.75 Å². The molecule has 0 aliphatic carbocycles. The van der Waals surface area contributed by atoms with Crippen molar-refractivity contribution < 1.29 is 19.1 Å². The molecule has 0 atom stereocenters. The second-order valence-corrected chi connectivity index (χ2v) is 8.06. The molecule has 1 aromatic heterocycles. The Labute approximate surface area is 168 Å². The van der Waals surface area contributed by atoms with Gasteiger partial charge in [0, 0.05) is 0 Å². The third-order valence-electron chi connectivity index (χ3n) is 4.47. The molecule has 0 saturated heterocycles. The molecule has 0 aliphatic heterocycles. The van der Waals surface area contributed by atoms with Crippen LogP contribution in [0.25, 0.3) is 0 Å². The maximum absolute atomic E-state index is 12.0. The van der Waals surface area contributed by atoms with Crippen molar-refractivity contribution >= 4 is 23.3 Å². The van der Waals surface area contributed by atoms with Crippen LogP contribution in [0.4, 0.5) is 0 Å². The highest BCUT2D eigenvalue weighted by atomic mass is 32.1. The minimum Gasteiger partial charge on any atom is -0.462 e. The van der Waals surface area contributed by atoms with Crippen LogP contribution in [0.1, 0.15) is 110 Å². The van der Waals surface area contributed by atoms with E-state index in [-0.39, 0.29) is 11.9 Å². The molecule has 1 heterocycles. The summed E-state index contributed by atoms with van der Waals surface area (Å²) < 4.78 is 10.6. The van der Waals surface area contributed by atoms with E-state index in [1.807, 2.05) is 0 Å². The van der Waals surface area contributed by atoms with Crippen molar-refractivity contribution in [1.82, 2.24) is 0 Å². The maximum atomic E-state index is 12.0. The first kappa shape index (κ1) is 23.7. The predicted octanol–water partition coefficient (Wildman–Crippen LogP) is 6.78. The molecule has 0 radical (unpaired) electrons. The zero-order valence-corrected chi connectivity index (χ0v) is 17.9. The molecule has 0 amide bonds. The van der Waals surface area contributed by atoms with Crippen LogP contribution in [0, 0.1) is 0 Å². The number of hydrogen-bond acceptors (Lipinski definition) is 5. The van der Waals surface area contributed by atoms with E-state index in [9.17, 15) is 9.59 Å². The predicted molar refractivity (Wildman–Crippen MR) is 112 cm³/mol. The van der Waals surface area contributed by atoms with Crippen LogP contribution in [-0.2, 0) is 9.47 Å². The van der Waals surface area contributed by atoms with Gasteiger partial charge in [-0.2, -0.15) is 0 Å². The molecule has 0 bridgehead atoms. The summed E-state index contributed by atoms with van der Waals surface area (Å²) in [6.45, 7) is 5.28. The van der Waals surface area contributed by atoms with Gasteiger partial charge in [-0.15, -0.1) is 11.3 Å². The van der Waals surface area contributed by atoms with Crippen molar-refractivity contribution in [3.8, 4) is 0 Å². The molecule has 27 heavy (non-hydrogen) atoms. The molecule has 4 nitrogen and oxygen atoms in total. The summed E-state index contributed by atoms with van der Waals surface area (Å²) in [4.78, 5) is 25.0. The first-order valence-corrected chi connectivity index (χ1v) is 11.4. The Morgan fingerprint density at radius 3 is 1.44 bits per heavy atom. The van der Waals surface area contributed by atoms with Gasteiger partial charge in [0.15, 0.2) is 0 Å². The Balaban J connectivity index is 2.17. The summed E-state index contributed by atoms with van der Waals surface area (Å²) in [5.74, 6) is -0.688. The molecular formula is C22H36O4S. The molecule has 154 valence electrons. The highest BCUT2D eigenvalue weighted by molar-refractivity contribution is 7.15. The van der Waals surface area contributed by atoms with Crippen LogP contribution >= 0.6 is 11.3 Å². The van der Waals surface area contributed by atoms with Crippen LogP contribution in [0.5, 0.6) is 0 Å². The van der Waals surface area contributed by atoms with Crippen LogP contribution in [0.2, 0.25) is 0 Å². The quantitative estimate of drug-likeness (QED) is 0.228. The lowest BCUT2D eigenvalue weighted by atomic mass is 10.1. The molecule has 5 heteroatoms. The minimum absolute atomic E-state index is 0.344. The summed E-state index contributed by atoms with van der Waals surface area (Å²) >= 11 is 1.15. The molecule has 0 aliphatic rings. The Hall–Kier alpha value is -1.36. The molecule has 0 unspecified atom stereocenters. The fourth-order valence-corrected chi connectivity index (χ4v) is 3.59. The Bertz CT molecular complexity index is 480. The summed E-state index contributed by atoms with van der Waals surface area (Å²) in [5, 5.41) is 0. The van der Waals surface area contributed by atoms with Crippen molar-refractivity contribution in [2.75, 3.05) is 13.2 Å². The summed E-state index contributed by atoms with van der Waals surface area (Å²) in [6.07, 6.45) is 13.9. The summed E-state index contributed by atoms with van der Waals surface area (Å²) in [5.41, 5.74) is 0. The molecular weight excluding hydrogens is 360 g/mol. The second kappa shape index (κ2) is 15.7. The van der Waals surface area contributed by atoms with Gasteiger partial charge in [0.2, 0.25) is 0 Å². The van der Waals surface area contributed by atoms with Gasteiger partial charge < -0.3 is 9.47 Å². The molecule has 1 rings (SSSR count). The first-order chi connectivity index (χ1) is 13.2. The average molecular weight is 397 g/mol. The Morgan fingerprint density at radius 1 is 0.667 bits per heavy atom. The number of esters is 2. The normalized spacial score (nSPS) is 10.7. The molecule has 0 N–H and O–H groups in total. The largest absolute Gasteiger partial charge is 0.462 e. The third kappa shape index (κ3) is 11.2. The van der Waals surface area contributed by atoms with Crippen LogP contribution in [-0.4, -0.2) is 25.2 Å². The van der Waals surface area contributed by atoms with Crippen LogP contribution in [0.3, 0.4) is 0 Å². The highest BCUT2D eigenvalue weighted by Crippen LogP contribution is 2.19. The number of carbonyl (C=O) groups is 2. The SMILES string of the molecule is CCCCCCCCOC(=O)c1ccc(C(=O)OCCCCCCCC)s1. The zero-order chi connectivity index (χ0) is 19.7. The summed E-state index contributed by atoms with van der Waals surface area (Å²) in [7, 11) is 0. The Kier molecular flexibility index (Phi) is 13.7. The van der Waals surface area contributed by atoms with E-state index < -0.39 is 0 Å². The standard InChI is InChI=1S/C22H36O4S/c1-3-5-7-9-11-13-17-25-21(23)19-15-16-20(27-19)22(24)26-18-14-12-10-8-6-4-2/h15-16H,3-14,17-18H2,1-2H3. The second-order valence-electron chi connectivity index (χ2n) is 6.97. The topological polar surface area (TPSA) is 52.6 Å². The lowest BCUT2D eigenvalue weighted by Crippen LogP contribution is -2.05. The fraction of sp³-hybridized carbons (Fsp3) is 0.727. The van der Waals surface area contributed by atoms with Crippen molar-refractivity contribution in [2.24, 2.45) is 0 Å². The molecule has 0 fully saturated rings. The van der Waals surface area contributed by atoms with Crippen molar-refractivity contribution in [3.63, 3.8) is 0 Å². The number of rotatable bonds is 16. The van der Waals surface area contributed by atoms with E-state index in [1.165, 1.54) is 51.4 Å². The molecule has 0 aromatic carbocycles. The lowest BCUT2D eigenvalue weighted by molar-refractivity contribution is 0.0496. The van der Waals surface area contributed by atoms with Gasteiger partial charge in [0.25, 0.3) is 0 Å². The molecule has 0 saturated carbocycles. The van der Waals surface area contributed by atoms with Gasteiger partial charge in [-0.05, 0) is 25.0 Å². The Morgan fingerprint density at radius 2 is 1.04 bits per heavy atom. The first-order valence-electron chi connectivity index (χ1n) is 10.6. The van der Waals surface area contributed by atoms with E-state index in [0.29, 0.717) is 23.0 Å². The van der Waals surface area contributed by atoms with Crippen LogP contribution in [0.15, 0.2) is 12.1 Å². The number of thiophene rings is 1. The number of unbranched alkanes of at least 4 members (excludes halogenated alkanes) is 10. The smallest absolute Gasteiger partial charge is 0.348 e. The number of hydrogen-bond donors (Lipinski definition) is 0. The van der Waals surface area contributed by atoms with E-state index in [1.54, 1.807) is 12.1 Å². The van der Waals surface area contributed by atoms with E-state index in [4.69, 9.17) is 9.47 Å². The van der Waals surface area contributed by atoms with Crippen molar-refractivity contribution in [1.29, 1.82) is 0 Å². The average Bonchev–Trinajstić information content (AvgIpc) is 3.16. The highest BCUT2D eigenvalue weighted by Gasteiger charge is 2.15. The third-order valence-corrected chi connectivity index (χ3v) is 5.52. The number of ether oxygens (including phenoxy) is 2. The molecule has 0 spiro atoms. The zero-order valence-electron chi connectivity index (χ0n) is 17.1. The number of carbonyl (C=O) groups excluding carboxylic acids is 2. The fourth-order valence-electron chi connectivity index (χ4n) is 2.79. The molecule has 1 aromatic rings. The van der Waals surface area contributed by atoms with E-state index in [0.717, 1.165) is 37.0 Å². The van der Waals surface area contributed by atoms with E-state index in [2.05, 4.69) is 13.8 Å². The van der Waals surface area contributed by atoms with Crippen molar-refractivity contribution in [2.45, 2.75) is 90.9 Å². The van der Waals surface area contributed by atoms with Gasteiger partial charge in [-0.3, -0.25) is 0 Å². The van der Waals surface area contributed by atoms with Gasteiger partial charge >= 0.3 is 11.9 Å². The maximum Gasteiger partial charge on any atom is 0.348 e. The monoisotopic (exact) mass is 396 g/mol. The van der Waals surface area contributed by atoms with Gasteiger partial charge in [0.05, 0.1) is 13.2 Å². The van der Waals surface area contributed by atoms with Crippen LogP contribution < -0.4 is 0 Å². The van der Waals surface area contributed by atoms with Crippen molar-refractivity contribution in [3.05, 3.63) is 21.9 Å². The lowest BCUT2D eigenvalue weighted by Gasteiger charge is -2.04. The van der Waals surface area contributed by atoms with E-state index >= 15 is 0 Å². The van der Waals surface area contributed by atoms with Gasteiger partial charge in [-0.25, -0.2) is 9.59 Å².